The number of ether oxygens (including phenoxy) is 1. The Kier molecular flexibility index (Phi) is 3.66. The van der Waals surface area contributed by atoms with Gasteiger partial charge in [0.15, 0.2) is 5.78 Å². The lowest BCUT2D eigenvalue weighted by molar-refractivity contribution is -0.113. The first-order chi connectivity index (χ1) is 6.24. The largest absolute Gasteiger partial charge is 0.374 e. The van der Waals surface area contributed by atoms with Crippen LogP contribution in [0.25, 0.3) is 0 Å². The Morgan fingerprint density at radius 3 is 2.85 bits per heavy atom. The zero-order valence-corrected chi connectivity index (χ0v) is 7.75. The van der Waals surface area contributed by atoms with E-state index >= 15 is 0 Å². The number of ketones is 1. The van der Waals surface area contributed by atoms with E-state index in [-0.39, 0.29) is 17.5 Å². The number of hydrogen-bond acceptors (Lipinski definition) is 3. The van der Waals surface area contributed by atoms with E-state index in [9.17, 15) is 4.79 Å². The highest BCUT2D eigenvalue weighted by atomic mass is 16.5. The molecule has 1 saturated heterocycles. The van der Waals surface area contributed by atoms with E-state index in [1.807, 2.05) is 6.07 Å². The number of hydrogen-bond donors (Lipinski definition) is 0. The van der Waals surface area contributed by atoms with Gasteiger partial charge in [0.2, 0.25) is 0 Å². The Bertz CT molecular complexity index is 257. The van der Waals surface area contributed by atoms with Crippen LogP contribution >= 0.6 is 0 Å². The maximum absolute atomic E-state index is 10.9. The van der Waals surface area contributed by atoms with Crippen molar-refractivity contribution in [1.29, 1.82) is 5.26 Å². The van der Waals surface area contributed by atoms with Crippen molar-refractivity contribution in [1.82, 2.24) is 0 Å². The molecule has 1 aliphatic rings. The molecule has 0 amide bonds. The molecule has 0 N–H and O–H groups in total. The second-order valence-corrected chi connectivity index (χ2v) is 3.15. The van der Waals surface area contributed by atoms with Crippen LogP contribution in [-0.4, -0.2) is 18.5 Å². The molecule has 0 aromatic carbocycles. The monoisotopic (exact) mass is 179 g/mol. The lowest BCUT2D eigenvalue weighted by Gasteiger charge is -2.19. The van der Waals surface area contributed by atoms with Crippen LogP contribution in [0.3, 0.4) is 0 Å². The Labute approximate surface area is 78.0 Å². The molecule has 0 spiro atoms. The topological polar surface area (TPSA) is 50.1 Å². The van der Waals surface area contributed by atoms with E-state index in [0.29, 0.717) is 0 Å². The third-order valence-corrected chi connectivity index (χ3v) is 2.07. The van der Waals surface area contributed by atoms with E-state index in [1.165, 1.54) is 6.92 Å². The summed E-state index contributed by atoms with van der Waals surface area (Å²) in [5.41, 5.74) is 0.215. The molecule has 1 unspecified atom stereocenters. The third kappa shape index (κ3) is 3.00. The molecule has 1 heterocycles. The molecule has 1 rings (SSSR count). The maximum Gasteiger partial charge on any atom is 0.170 e. The fraction of sp³-hybridized carbons (Fsp3) is 0.600. The molecule has 3 nitrogen and oxygen atoms in total. The maximum atomic E-state index is 10.9. The number of rotatable bonds is 2. The molecule has 1 fully saturated rings. The smallest absolute Gasteiger partial charge is 0.170 e. The van der Waals surface area contributed by atoms with Crippen LogP contribution in [-0.2, 0) is 9.53 Å². The Balaban J connectivity index is 2.61. The van der Waals surface area contributed by atoms with Gasteiger partial charge in [0.25, 0.3) is 0 Å². The van der Waals surface area contributed by atoms with Gasteiger partial charge in [0, 0.05) is 6.61 Å². The van der Waals surface area contributed by atoms with Crippen LogP contribution in [0.15, 0.2) is 11.6 Å². The summed E-state index contributed by atoms with van der Waals surface area (Å²) in [5.74, 6) is -0.184. The minimum absolute atomic E-state index is 0.0349. The summed E-state index contributed by atoms with van der Waals surface area (Å²) < 4.78 is 5.38. The van der Waals surface area contributed by atoms with Gasteiger partial charge in [-0.25, -0.2) is 0 Å². The van der Waals surface area contributed by atoms with Crippen LogP contribution in [0.5, 0.6) is 0 Å². The van der Waals surface area contributed by atoms with Crippen molar-refractivity contribution >= 4 is 5.78 Å². The normalized spacial score (nSPS) is 23.7. The first-order valence-corrected chi connectivity index (χ1v) is 4.48. The quantitative estimate of drug-likeness (QED) is 0.478. The summed E-state index contributed by atoms with van der Waals surface area (Å²) in [6, 6.07) is 1.88. The van der Waals surface area contributed by atoms with Crippen LogP contribution in [0, 0.1) is 11.3 Å². The highest BCUT2D eigenvalue weighted by Gasteiger charge is 2.13. The molecule has 0 aromatic heterocycles. The highest BCUT2D eigenvalue weighted by molar-refractivity contribution is 5.97. The first kappa shape index (κ1) is 9.94. The molecule has 0 saturated carbocycles. The number of nitriles is 1. The number of carbonyl (C=O) groups is 1. The number of nitrogens with zero attached hydrogens (tertiary/aromatic N) is 1. The number of carbonyl (C=O) groups excluding carboxylic acids is 1. The molecule has 0 aromatic rings. The van der Waals surface area contributed by atoms with Gasteiger partial charge in [-0.05, 0) is 32.3 Å². The van der Waals surface area contributed by atoms with Crippen molar-refractivity contribution in [2.24, 2.45) is 0 Å². The molecular weight excluding hydrogens is 166 g/mol. The Morgan fingerprint density at radius 1 is 1.62 bits per heavy atom. The fourth-order valence-corrected chi connectivity index (χ4v) is 1.32. The number of Topliss-reactive ketones (excluding diaryl/α,β-unsaturated/α-hetero) is 1. The van der Waals surface area contributed by atoms with E-state index in [4.69, 9.17) is 10.00 Å². The van der Waals surface area contributed by atoms with Crippen molar-refractivity contribution in [3.63, 3.8) is 0 Å². The van der Waals surface area contributed by atoms with Gasteiger partial charge in [0.1, 0.15) is 6.07 Å². The second kappa shape index (κ2) is 4.78. The summed E-state index contributed by atoms with van der Waals surface area (Å²) in [5, 5.41) is 8.63. The van der Waals surface area contributed by atoms with Gasteiger partial charge in [-0.2, -0.15) is 5.26 Å². The second-order valence-electron chi connectivity index (χ2n) is 3.15. The van der Waals surface area contributed by atoms with Gasteiger partial charge in [0.05, 0.1) is 11.7 Å². The standard InChI is InChI=1S/C10H13NO2/c1-8(12)9(7-11)6-10-4-2-3-5-13-10/h6,10H,2-5H2,1H3/b9-6+. The van der Waals surface area contributed by atoms with Gasteiger partial charge in [-0.1, -0.05) is 0 Å². The lowest BCUT2D eigenvalue weighted by atomic mass is 10.1. The van der Waals surface area contributed by atoms with Crippen molar-refractivity contribution < 1.29 is 9.53 Å². The van der Waals surface area contributed by atoms with E-state index < -0.39 is 0 Å². The van der Waals surface area contributed by atoms with Gasteiger partial charge < -0.3 is 4.74 Å². The van der Waals surface area contributed by atoms with Crippen molar-refractivity contribution in [2.45, 2.75) is 32.3 Å². The summed E-state index contributed by atoms with van der Waals surface area (Å²) in [6.45, 7) is 2.13. The van der Waals surface area contributed by atoms with Crippen molar-refractivity contribution in [3.8, 4) is 6.07 Å². The third-order valence-electron chi connectivity index (χ3n) is 2.07. The van der Waals surface area contributed by atoms with Crippen LogP contribution < -0.4 is 0 Å². The molecule has 70 valence electrons. The van der Waals surface area contributed by atoms with Crippen LogP contribution in [0.4, 0.5) is 0 Å². The summed E-state index contributed by atoms with van der Waals surface area (Å²) in [4.78, 5) is 10.9. The van der Waals surface area contributed by atoms with E-state index in [2.05, 4.69) is 0 Å². The predicted molar refractivity (Wildman–Crippen MR) is 48.0 cm³/mol. The molecule has 0 bridgehead atoms. The molecule has 0 aliphatic carbocycles. The minimum atomic E-state index is -0.184. The van der Waals surface area contributed by atoms with Gasteiger partial charge >= 0.3 is 0 Å². The fourth-order valence-electron chi connectivity index (χ4n) is 1.32. The Hall–Kier alpha value is -1.14. The van der Waals surface area contributed by atoms with Gasteiger partial charge in [-0.3, -0.25) is 4.79 Å². The highest BCUT2D eigenvalue weighted by Crippen LogP contribution is 2.15. The average molecular weight is 179 g/mol. The molecule has 13 heavy (non-hydrogen) atoms. The minimum Gasteiger partial charge on any atom is -0.374 e. The lowest BCUT2D eigenvalue weighted by Crippen LogP contribution is -2.17. The van der Waals surface area contributed by atoms with Crippen molar-refractivity contribution in [2.75, 3.05) is 6.61 Å². The zero-order valence-electron chi connectivity index (χ0n) is 7.75. The molecule has 3 heteroatoms. The molecule has 0 radical (unpaired) electrons. The molecular formula is C10H13NO2. The summed E-state index contributed by atoms with van der Waals surface area (Å²) in [6.07, 6.45) is 4.71. The van der Waals surface area contributed by atoms with E-state index in [0.717, 1.165) is 25.9 Å². The summed E-state index contributed by atoms with van der Waals surface area (Å²) >= 11 is 0. The predicted octanol–water partition coefficient (Wildman–Crippen LogP) is 1.59. The summed E-state index contributed by atoms with van der Waals surface area (Å²) in [7, 11) is 0. The van der Waals surface area contributed by atoms with E-state index in [1.54, 1.807) is 6.08 Å². The SMILES string of the molecule is CC(=O)/C(C#N)=C/C1CCCCO1. The van der Waals surface area contributed by atoms with Crippen LogP contribution in [0.2, 0.25) is 0 Å². The Morgan fingerprint density at radius 2 is 2.38 bits per heavy atom. The van der Waals surface area contributed by atoms with Crippen molar-refractivity contribution in [3.05, 3.63) is 11.6 Å². The molecule has 1 atom stereocenters. The average Bonchev–Trinajstić information content (AvgIpc) is 2.15. The van der Waals surface area contributed by atoms with Gasteiger partial charge in [-0.15, -0.1) is 0 Å². The first-order valence-electron chi connectivity index (χ1n) is 4.48. The number of allylic oxidation sites excluding steroid dienone is 1. The zero-order chi connectivity index (χ0) is 9.68. The van der Waals surface area contributed by atoms with Crippen LogP contribution in [0.1, 0.15) is 26.2 Å². The molecule has 1 aliphatic heterocycles.